The minimum absolute atomic E-state index is 0.134. The molecule has 4 nitrogen and oxygen atoms in total. The number of carbonyl (C=O) groups excluding carboxylic acids is 2. The number of hydrogen-bond donors (Lipinski definition) is 2. The van der Waals surface area contributed by atoms with Crippen LogP contribution >= 0.6 is 27.7 Å². The van der Waals surface area contributed by atoms with Gasteiger partial charge < -0.3 is 10.6 Å². The molecular formula is C23H20BrFN2O2S. The molecule has 0 bridgehead atoms. The molecule has 2 amide bonds. The third-order valence-electron chi connectivity index (χ3n) is 4.24. The van der Waals surface area contributed by atoms with Crippen molar-refractivity contribution in [3.05, 3.63) is 88.1 Å². The summed E-state index contributed by atoms with van der Waals surface area (Å²) in [4.78, 5) is 25.7. The number of anilines is 2. The molecule has 30 heavy (non-hydrogen) atoms. The van der Waals surface area contributed by atoms with Crippen LogP contribution in [0, 0.1) is 12.7 Å². The summed E-state index contributed by atoms with van der Waals surface area (Å²) in [6, 6.07) is 19.1. The maximum absolute atomic E-state index is 13.9. The molecule has 0 spiro atoms. The van der Waals surface area contributed by atoms with Gasteiger partial charge in [0.15, 0.2) is 0 Å². The number of hydrogen-bond acceptors (Lipinski definition) is 3. The number of nitrogens with one attached hydrogen (secondary N) is 2. The summed E-state index contributed by atoms with van der Waals surface area (Å²) in [6.45, 7) is 3.68. The summed E-state index contributed by atoms with van der Waals surface area (Å²) < 4.78 is 14.6. The van der Waals surface area contributed by atoms with Gasteiger partial charge >= 0.3 is 0 Å². The maximum Gasteiger partial charge on any atom is 0.255 e. The van der Waals surface area contributed by atoms with Crippen molar-refractivity contribution in [3.8, 4) is 0 Å². The number of aryl methyl sites for hydroxylation is 1. The second-order valence-corrected chi connectivity index (χ2v) is 9.05. The van der Waals surface area contributed by atoms with Crippen molar-refractivity contribution in [2.24, 2.45) is 0 Å². The van der Waals surface area contributed by atoms with E-state index in [9.17, 15) is 14.0 Å². The Balaban J connectivity index is 1.64. The van der Waals surface area contributed by atoms with E-state index in [1.807, 2.05) is 43.3 Å². The number of thioether (sulfide) groups is 1. The lowest BCUT2D eigenvalue weighted by molar-refractivity contribution is -0.115. The Kier molecular flexibility index (Phi) is 7.29. The highest BCUT2D eigenvalue weighted by Crippen LogP contribution is 2.27. The van der Waals surface area contributed by atoms with Crippen molar-refractivity contribution >= 4 is 50.9 Å². The molecule has 2 N–H and O–H groups in total. The van der Waals surface area contributed by atoms with Crippen molar-refractivity contribution < 1.29 is 14.0 Å². The molecule has 154 valence electrons. The van der Waals surface area contributed by atoms with Crippen molar-refractivity contribution in [2.75, 3.05) is 10.6 Å². The summed E-state index contributed by atoms with van der Waals surface area (Å²) in [7, 11) is 0. The zero-order valence-corrected chi connectivity index (χ0v) is 18.8. The van der Waals surface area contributed by atoms with E-state index in [2.05, 4.69) is 26.6 Å². The summed E-state index contributed by atoms with van der Waals surface area (Å²) in [5.41, 5.74) is 2.36. The van der Waals surface area contributed by atoms with Crippen LogP contribution in [0.15, 0.2) is 76.1 Å². The predicted molar refractivity (Wildman–Crippen MR) is 124 cm³/mol. The van der Waals surface area contributed by atoms with E-state index < -0.39 is 11.1 Å². The molecule has 7 heteroatoms. The number of benzene rings is 3. The van der Waals surface area contributed by atoms with E-state index in [1.54, 1.807) is 25.1 Å². The fourth-order valence-electron chi connectivity index (χ4n) is 2.72. The van der Waals surface area contributed by atoms with Gasteiger partial charge in [0.1, 0.15) is 5.82 Å². The quantitative estimate of drug-likeness (QED) is 0.403. The molecule has 0 fully saturated rings. The first-order valence-corrected chi connectivity index (χ1v) is 10.9. The maximum atomic E-state index is 13.9. The van der Waals surface area contributed by atoms with Crippen molar-refractivity contribution in [3.63, 3.8) is 0 Å². The van der Waals surface area contributed by atoms with Crippen LogP contribution in [0.2, 0.25) is 0 Å². The van der Waals surface area contributed by atoms with Crippen LogP contribution in [0.1, 0.15) is 22.8 Å². The molecule has 3 rings (SSSR count). The predicted octanol–water partition coefficient (Wildman–Crippen LogP) is 6.27. The molecule has 0 saturated carbocycles. The zero-order valence-electron chi connectivity index (χ0n) is 16.4. The van der Waals surface area contributed by atoms with Crippen LogP contribution in [0.3, 0.4) is 0 Å². The highest BCUT2D eigenvalue weighted by molar-refractivity contribution is 9.10. The van der Waals surface area contributed by atoms with Gasteiger partial charge in [0.05, 0.1) is 10.9 Å². The first-order chi connectivity index (χ1) is 14.3. The molecule has 3 aromatic carbocycles. The molecule has 1 unspecified atom stereocenters. The van der Waals surface area contributed by atoms with Crippen molar-refractivity contribution in [2.45, 2.75) is 24.0 Å². The minimum Gasteiger partial charge on any atom is -0.323 e. The Labute approximate surface area is 187 Å². The molecule has 0 aliphatic carbocycles. The van der Waals surface area contributed by atoms with Crippen LogP contribution in [0.5, 0.6) is 0 Å². The Bertz CT molecular complexity index is 1090. The summed E-state index contributed by atoms with van der Waals surface area (Å²) in [5, 5.41) is 5.02. The first-order valence-electron chi connectivity index (χ1n) is 9.22. The molecule has 0 radical (unpaired) electrons. The van der Waals surface area contributed by atoms with E-state index >= 15 is 0 Å². The largest absolute Gasteiger partial charge is 0.323 e. The number of amides is 2. The van der Waals surface area contributed by atoms with Gasteiger partial charge in [-0.15, -0.1) is 11.8 Å². The molecule has 0 aliphatic heterocycles. The average Bonchev–Trinajstić information content (AvgIpc) is 2.70. The summed E-state index contributed by atoms with van der Waals surface area (Å²) >= 11 is 4.52. The number of halogens is 2. The van der Waals surface area contributed by atoms with Gasteiger partial charge in [0.2, 0.25) is 5.91 Å². The summed E-state index contributed by atoms with van der Waals surface area (Å²) in [6.07, 6.45) is 0. The molecule has 0 saturated heterocycles. The SMILES string of the molecule is Cc1cccc(C(=O)Nc2cccc(SC(C)C(=O)Nc3ccc(Br)cc3F)c2)c1. The first kappa shape index (κ1) is 22.1. The minimum atomic E-state index is -0.504. The Morgan fingerprint density at radius 2 is 1.77 bits per heavy atom. The lowest BCUT2D eigenvalue weighted by atomic mass is 10.1. The lowest BCUT2D eigenvalue weighted by Crippen LogP contribution is -2.23. The van der Waals surface area contributed by atoms with Gasteiger partial charge in [-0.1, -0.05) is 39.7 Å². The fourth-order valence-corrected chi connectivity index (χ4v) is 3.98. The highest BCUT2D eigenvalue weighted by Gasteiger charge is 2.17. The van der Waals surface area contributed by atoms with E-state index in [4.69, 9.17) is 0 Å². The zero-order chi connectivity index (χ0) is 21.7. The van der Waals surface area contributed by atoms with Crippen LogP contribution < -0.4 is 10.6 Å². The monoisotopic (exact) mass is 486 g/mol. The van der Waals surface area contributed by atoms with Crippen molar-refractivity contribution in [1.82, 2.24) is 0 Å². The second kappa shape index (κ2) is 9.91. The molecule has 0 aliphatic rings. The molecule has 0 heterocycles. The molecular weight excluding hydrogens is 467 g/mol. The van der Waals surface area contributed by atoms with Crippen LogP contribution in [0.25, 0.3) is 0 Å². The number of carbonyl (C=O) groups is 2. The number of rotatable bonds is 6. The van der Waals surface area contributed by atoms with Gasteiger partial charge in [-0.3, -0.25) is 9.59 Å². The third-order valence-corrected chi connectivity index (χ3v) is 5.83. The average molecular weight is 487 g/mol. The Hall–Kier alpha value is -2.64. The van der Waals surface area contributed by atoms with Gasteiger partial charge in [-0.25, -0.2) is 4.39 Å². The third kappa shape index (κ3) is 5.93. The normalized spacial score (nSPS) is 11.6. The lowest BCUT2D eigenvalue weighted by Gasteiger charge is -2.13. The van der Waals surface area contributed by atoms with Crippen LogP contribution in [-0.2, 0) is 4.79 Å². The smallest absolute Gasteiger partial charge is 0.255 e. The van der Waals surface area contributed by atoms with E-state index in [1.165, 1.54) is 23.9 Å². The second-order valence-electron chi connectivity index (χ2n) is 6.72. The Morgan fingerprint density at radius 3 is 2.50 bits per heavy atom. The summed E-state index contributed by atoms with van der Waals surface area (Å²) in [5.74, 6) is -1.01. The highest BCUT2D eigenvalue weighted by atomic mass is 79.9. The van der Waals surface area contributed by atoms with Gasteiger partial charge in [0, 0.05) is 20.6 Å². The van der Waals surface area contributed by atoms with E-state index in [-0.39, 0.29) is 17.5 Å². The Morgan fingerprint density at radius 1 is 1.00 bits per heavy atom. The van der Waals surface area contributed by atoms with Crippen LogP contribution in [-0.4, -0.2) is 17.1 Å². The molecule has 3 aromatic rings. The van der Waals surface area contributed by atoms with E-state index in [0.717, 1.165) is 10.5 Å². The topological polar surface area (TPSA) is 58.2 Å². The van der Waals surface area contributed by atoms with Gasteiger partial charge in [-0.2, -0.15) is 0 Å². The van der Waals surface area contributed by atoms with Crippen molar-refractivity contribution in [1.29, 1.82) is 0 Å². The van der Waals surface area contributed by atoms with Gasteiger partial charge in [0.25, 0.3) is 5.91 Å². The molecule has 0 aromatic heterocycles. The standard InChI is InChI=1S/C23H20BrFN2O2S/c1-14-5-3-6-16(11-14)23(29)26-18-7-4-8-19(13-18)30-15(2)22(28)27-21-10-9-17(24)12-20(21)25/h3-13,15H,1-2H3,(H,26,29)(H,27,28). The fraction of sp³-hybridized carbons (Fsp3) is 0.130. The van der Waals surface area contributed by atoms with E-state index in [0.29, 0.717) is 15.7 Å². The van der Waals surface area contributed by atoms with Crippen LogP contribution in [0.4, 0.5) is 15.8 Å². The molecule has 1 atom stereocenters. The van der Waals surface area contributed by atoms with Gasteiger partial charge in [-0.05, 0) is 62.4 Å².